The highest BCUT2D eigenvalue weighted by molar-refractivity contribution is 5.20. The van der Waals surface area contributed by atoms with Gasteiger partial charge in [-0.05, 0) is 25.0 Å². The van der Waals surface area contributed by atoms with Gasteiger partial charge in [-0.25, -0.2) is 4.98 Å². The quantitative estimate of drug-likeness (QED) is 0.762. The number of rotatable bonds is 6. The predicted octanol–water partition coefficient (Wildman–Crippen LogP) is 3.60. The number of hydrogen-bond acceptors (Lipinski definition) is 3. The molecule has 1 aromatic heterocycles. The second-order valence-electron chi connectivity index (χ2n) is 3.94. The smallest absolute Gasteiger partial charge is 0.232 e. The maximum Gasteiger partial charge on any atom is 0.232 e. The van der Waals surface area contributed by atoms with Crippen molar-refractivity contribution in [2.24, 2.45) is 0 Å². The van der Waals surface area contributed by atoms with Gasteiger partial charge in [0, 0.05) is 0 Å². The van der Waals surface area contributed by atoms with Gasteiger partial charge >= 0.3 is 0 Å². The molecule has 0 aliphatic carbocycles. The van der Waals surface area contributed by atoms with Crippen LogP contribution in [0.5, 0.6) is 5.75 Å². The Kier molecular flexibility index (Phi) is 4.19. The summed E-state index contributed by atoms with van der Waals surface area (Å²) in [4.78, 5) is 4.37. The van der Waals surface area contributed by atoms with Crippen molar-refractivity contribution in [1.29, 1.82) is 0 Å². The largest absolute Gasteiger partial charge is 0.484 e. The first-order valence-corrected chi connectivity index (χ1v) is 5.99. The molecule has 0 amide bonds. The van der Waals surface area contributed by atoms with E-state index in [4.69, 9.17) is 9.15 Å². The highest BCUT2D eigenvalue weighted by atomic mass is 16.5. The molecule has 0 N–H and O–H groups in total. The predicted molar refractivity (Wildman–Crippen MR) is 65.9 cm³/mol. The standard InChI is InChI=1S/C14H17NO2/c1-2-3-7-12-10-17-14(15-12)11-16-13-8-5-4-6-9-13/h4-6,8-10H,2-3,7,11H2,1H3. The van der Waals surface area contributed by atoms with Crippen LogP contribution in [0.3, 0.4) is 0 Å². The normalized spacial score (nSPS) is 10.4. The van der Waals surface area contributed by atoms with Gasteiger partial charge in [-0.1, -0.05) is 31.5 Å². The second kappa shape index (κ2) is 6.09. The molecule has 0 fully saturated rings. The van der Waals surface area contributed by atoms with Gasteiger partial charge < -0.3 is 9.15 Å². The van der Waals surface area contributed by atoms with E-state index in [0.717, 1.165) is 24.3 Å². The molecule has 90 valence electrons. The molecule has 1 heterocycles. The van der Waals surface area contributed by atoms with Gasteiger partial charge in [-0.15, -0.1) is 0 Å². The van der Waals surface area contributed by atoms with Crippen LogP contribution in [0, 0.1) is 0 Å². The van der Waals surface area contributed by atoms with Crippen molar-refractivity contribution in [3.8, 4) is 5.75 Å². The van der Waals surface area contributed by atoms with Crippen LogP contribution in [-0.4, -0.2) is 4.98 Å². The van der Waals surface area contributed by atoms with E-state index in [1.807, 2.05) is 30.3 Å². The lowest BCUT2D eigenvalue weighted by Gasteiger charge is -2.01. The summed E-state index contributed by atoms with van der Waals surface area (Å²) in [5, 5.41) is 0. The third-order valence-corrected chi connectivity index (χ3v) is 2.49. The van der Waals surface area contributed by atoms with Crippen LogP contribution in [0.15, 0.2) is 41.0 Å². The number of ether oxygens (including phenoxy) is 1. The Morgan fingerprint density at radius 1 is 1.24 bits per heavy atom. The molecule has 0 spiro atoms. The van der Waals surface area contributed by atoms with Crippen molar-refractivity contribution in [3.05, 3.63) is 48.2 Å². The molecule has 0 aliphatic rings. The fourth-order valence-electron chi connectivity index (χ4n) is 1.55. The van der Waals surface area contributed by atoms with Crippen molar-refractivity contribution < 1.29 is 9.15 Å². The summed E-state index contributed by atoms with van der Waals surface area (Å²) < 4.78 is 10.9. The van der Waals surface area contributed by atoms with Gasteiger partial charge in [0.2, 0.25) is 5.89 Å². The number of unbranched alkanes of at least 4 members (excludes halogenated alkanes) is 1. The maximum atomic E-state index is 5.55. The van der Waals surface area contributed by atoms with Gasteiger partial charge in [0.25, 0.3) is 0 Å². The van der Waals surface area contributed by atoms with E-state index in [1.165, 1.54) is 6.42 Å². The average Bonchev–Trinajstić information content (AvgIpc) is 2.83. The first-order valence-electron chi connectivity index (χ1n) is 5.99. The Hall–Kier alpha value is -1.77. The number of para-hydroxylation sites is 1. The van der Waals surface area contributed by atoms with E-state index in [2.05, 4.69) is 11.9 Å². The fourth-order valence-corrected chi connectivity index (χ4v) is 1.55. The van der Waals surface area contributed by atoms with Gasteiger partial charge in [0.1, 0.15) is 12.0 Å². The maximum absolute atomic E-state index is 5.55. The van der Waals surface area contributed by atoms with E-state index in [-0.39, 0.29) is 0 Å². The Balaban J connectivity index is 1.85. The van der Waals surface area contributed by atoms with Crippen molar-refractivity contribution in [1.82, 2.24) is 4.98 Å². The van der Waals surface area contributed by atoms with Crippen LogP contribution < -0.4 is 4.74 Å². The number of hydrogen-bond donors (Lipinski definition) is 0. The van der Waals surface area contributed by atoms with Crippen molar-refractivity contribution in [2.45, 2.75) is 32.8 Å². The molecule has 0 saturated carbocycles. The Labute approximate surface area is 101 Å². The van der Waals surface area contributed by atoms with Gasteiger partial charge in [-0.3, -0.25) is 0 Å². The van der Waals surface area contributed by atoms with Crippen LogP contribution in [0.25, 0.3) is 0 Å². The summed E-state index contributed by atoms with van der Waals surface area (Å²) in [6.45, 7) is 2.55. The fraction of sp³-hybridized carbons (Fsp3) is 0.357. The van der Waals surface area contributed by atoms with E-state index in [0.29, 0.717) is 12.5 Å². The SMILES string of the molecule is CCCCc1coc(COc2ccccc2)n1. The molecule has 3 heteroatoms. The minimum atomic E-state index is 0.385. The molecule has 0 bridgehead atoms. The Bertz CT molecular complexity index is 436. The summed E-state index contributed by atoms with van der Waals surface area (Å²) in [6.07, 6.45) is 5.01. The summed E-state index contributed by atoms with van der Waals surface area (Å²) >= 11 is 0. The Morgan fingerprint density at radius 2 is 2.06 bits per heavy atom. The molecule has 1 aromatic carbocycles. The third kappa shape index (κ3) is 3.63. The van der Waals surface area contributed by atoms with Crippen LogP contribution in [0.2, 0.25) is 0 Å². The lowest BCUT2D eigenvalue weighted by Crippen LogP contribution is -1.96. The zero-order chi connectivity index (χ0) is 11.9. The first-order chi connectivity index (χ1) is 8.38. The lowest BCUT2D eigenvalue weighted by atomic mass is 10.2. The monoisotopic (exact) mass is 231 g/mol. The van der Waals surface area contributed by atoms with Gasteiger partial charge in [0.05, 0.1) is 5.69 Å². The van der Waals surface area contributed by atoms with Gasteiger partial charge in [-0.2, -0.15) is 0 Å². The topological polar surface area (TPSA) is 35.3 Å². The minimum Gasteiger partial charge on any atom is -0.484 e. The summed E-state index contributed by atoms with van der Waals surface area (Å²) in [6, 6.07) is 9.68. The average molecular weight is 231 g/mol. The molecule has 0 saturated heterocycles. The van der Waals surface area contributed by atoms with Crippen LogP contribution in [-0.2, 0) is 13.0 Å². The van der Waals surface area contributed by atoms with Crippen LogP contribution in [0.4, 0.5) is 0 Å². The first kappa shape index (κ1) is 11.7. The summed E-state index contributed by atoms with van der Waals surface area (Å²) in [5.74, 6) is 1.47. The van der Waals surface area contributed by atoms with E-state index < -0.39 is 0 Å². The van der Waals surface area contributed by atoms with E-state index in [9.17, 15) is 0 Å². The van der Waals surface area contributed by atoms with Crippen LogP contribution >= 0.6 is 0 Å². The minimum absolute atomic E-state index is 0.385. The molecule has 3 nitrogen and oxygen atoms in total. The number of benzene rings is 1. The molecule has 2 aromatic rings. The van der Waals surface area contributed by atoms with Crippen molar-refractivity contribution in [3.63, 3.8) is 0 Å². The molecular weight excluding hydrogens is 214 g/mol. The van der Waals surface area contributed by atoms with Crippen LogP contribution in [0.1, 0.15) is 31.4 Å². The zero-order valence-electron chi connectivity index (χ0n) is 10.1. The second-order valence-corrected chi connectivity index (χ2v) is 3.94. The molecule has 2 rings (SSSR count). The van der Waals surface area contributed by atoms with E-state index in [1.54, 1.807) is 6.26 Å². The molecule has 0 unspecified atom stereocenters. The number of oxazole rings is 1. The number of aromatic nitrogens is 1. The molecule has 0 aliphatic heterocycles. The summed E-state index contributed by atoms with van der Waals surface area (Å²) in [7, 11) is 0. The number of aryl methyl sites for hydroxylation is 1. The lowest BCUT2D eigenvalue weighted by molar-refractivity contribution is 0.263. The van der Waals surface area contributed by atoms with E-state index >= 15 is 0 Å². The third-order valence-electron chi connectivity index (χ3n) is 2.49. The molecule has 0 atom stereocenters. The zero-order valence-corrected chi connectivity index (χ0v) is 10.1. The van der Waals surface area contributed by atoms with Crippen molar-refractivity contribution in [2.75, 3.05) is 0 Å². The molecular formula is C14H17NO2. The summed E-state index contributed by atoms with van der Waals surface area (Å²) in [5.41, 5.74) is 1.01. The molecule has 0 radical (unpaired) electrons. The highest BCUT2D eigenvalue weighted by Gasteiger charge is 2.04. The Morgan fingerprint density at radius 3 is 2.82 bits per heavy atom. The van der Waals surface area contributed by atoms with Crippen molar-refractivity contribution >= 4 is 0 Å². The number of nitrogens with zero attached hydrogens (tertiary/aromatic N) is 1. The van der Waals surface area contributed by atoms with Gasteiger partial charge in [0.15, 0.2) is 6.61 Å². The molecule has 17 heavy (non-hydrogen) atoms. The highest BCUT2D eigenvalue weighted by Crippen LogP contribution is 2.12.